The van der Waals surface area contributed by atoms with Gasteiger partial charge in [0, 0.05) is 10.9 Å². The number of aromatic carboxylic acids is 1. The first-order valence-electron chi connectivity index (χ1n) is 6.65. The quantitative estimate of drug-likeness (QED) is 0.894. The van der Waals surface area contributed by atoms with Gasteiger partial charge in [0.1, 0.15) is 4.88 Å². The van der Waals surface area contributed by atoms with Gasteiger partial charge in [-0.3, -0.25) is 0 Å². The Morgan fingerprint density at radius 1 is 1.35 bits per heavy atom. The van der Waals surface area contributed by atoms with Crippen molar-refractivity contribution in [2.24, 2.45) is 5.92 Å². The van der Waals surface area contributed by atoms with Crippen molar-refractivity contribution in [1.29, 1.82) is 0 Å². The molecule has 2 rings (SSSR count). The Labute approximate surface area is 123 Å². The summed E-state index contributed by atoms with van der Waals surface area (Å²) in [4.78, 5) is 11.6. The average molecular weight is 317 g/mol. The number of hydrogen-bond acceptors (Lipinski definition) is 4. The molecule has 5 nitrogen and oxygen atoms in total. The summed E-state index contributed by atoms with van der Waals surface area (Å²) in [6.45, 7) is 3.81. The lowest BCUT2D eigenvalue weighted by atomic mass is 9.88. The van der Waals surface area contributed by atoms with Crippen LogP contribution < -0.4 is 4.72 Å². The molecule has 0 saturated heterocycles. The summed E-state index contributed by atoms with van der Waals surface area (Å²) in [5.41, 5.74) is 0. The fraction of sp³-hybridized carbons (Fsp3) is 0.615. The van der Waals surface area contributed by atoms with Crippen molar-refractivity contribution in [3.8, 4) is 0 Å². The van der Waals surface area contributed by atoms with Gasteiger partial charge in [-0.25, -0.2) is 17.9 Å². The average Bonchev–Trinajstić information content (AvgIpc) is 2.75. The summed E-state index contributed by atoms with van der Waals surface area (Å²) in [5, 5.41) is 8.93. The van der Waals surface area contributed by atoms with Crippen LogP contribution in [0.15, 0.2) is 11.0 Å². The van der Waals surface area contributed by atoms with E-state index < -0.39 is 16.0 Å². The van der Waals surface area contributed by atoms with Crippen LogP contribution >= 0.6 is 11.3 Å². The monoisotopic (exact) mass is 317 g/mol. The second-order valence-corrected chi connectivity index (χ2v) is 8.35. The van der Waals surface area contributed by atoms with E-state index in [-0.39, 0.29) is 15.8 Å². The highest BCUT2D eigenvalue weighted by Gasteiger charge is 2.27. The molecule has 0 aromatic carbocycles. The molecular weight excluding hydrogens is 298 g/mol. The Bertz CT molecular complexity index is 598. The molecule has 1 heterocycles. The molecule has 1 aliphatic carbocycles. The number of carboxylic acid groups (broad SMARTS) is 1. The number of thiophene rings is 1. The van der Waals surface area contributed by atoms with E-state index in [9.17, 15) is 13.2 Å². The van der Waals surface area contributed by atoms with E-state index >= 15 is 0 Å². The number of hydrogen-bond donors (Lipinski definition) is 2. The predicted molar refractivity (Wildman–Crippen MR) is 77.8 cm³/mol. The van der Waals surface area contributed by atoms with Gasteiger partial charge in [-0.05, 0) is 44.6 Å². The minimum absolute atomic E-state index is 0.0382. The summed E-state index contributed by atoms with van der Waals surface area (Å²) >= 11 is 0.993. The summed E-state index contributed by atoms with van der Waals surface area (Å²) in [7, 11) is -3.62. The highest BCUT2D eigenvalue weighted by molar-refractivity contribution is 7.89. The fourth-order valence-electron chi connectivity index (χ4n) is 2.50. The number of carbonyl (C=O) groups is 1. The first-order chi connectivity index (χ1) is 9.29. The lowest BCUT2D eigenvalue weighted by molar-refractivity contribution is 0.0702. The van der Waals surface area contributed by atoms with Crippen LogP contribution in [0.3, 0.4) is 0 Å². The second-order valence-electron chi connectivity index (χ2n) is 5.41. The number of aryl methyl sites for hydroxylation is 1. The third-order valence-electron chi connectivity index (χ3n) is 3.71. The minimum atomic E-state index is -3.62. The third-order valence-corrected chi connectivity index (χ3v) is 6.52. The molecule has 1 saturated carbocycles. The van der Waals surface area contributed by atoms with E-state index in [1.54, 1.807) is 6.92 Å². The van der Waals surface area contributed by atoms with E-state index in [2.05, 4.69) is 11.6 Å². The summed E-state index contributed by atoms with van der Waals surface area (Å²) < 4.78 is 27.4. The lowest BCUT2D eigenvalue weighted by Crippen LogP contribution is -2.37. The van der Waals surface area contributed by atoms with Crippen molar-refractivity contribution < 1.29 is 18.3 Å². The zero-order valence-electron chi connectivity index (χ0n) is 11.5. The molecule has 20 heavy (non-hydrogen) atoms. The van der Waals surface area contributed by atoms with Crippen molar-refractivity contribution in [3.05, 3.63) is 15.8 Å². The van der Waals surface area contributed by atoms with Crippen LogP contribution in [0.1, 0.15) is 47.2 Å². The molecule has 1 aromatic heterocycles. The first kappa shape index (κ1) is 15.5. The molecule has 1 fully saturated rings. The van der Waals surface area contributed by atoms with Crippen LogP contribution in [0, 0.1) is 12.8 Å². The minimum Gasteiger partial charge on any atom is -0.477 e. The van der Waals surface area contributed by atoms with E-state index in [4.69, 9.17) is 5.11 Å². The van der Waals surface area contributed by atoms with Gasteiger partial charge in [-0.15, -0.1) is 11.3 Å². The largest absolute Gasteiger partial charge is 0.477 e. The zero-order chi connectivity index (χ0) is 14.9. The topological polar surface area (TPSA) is 83.5 Å². The molecule has 0 spiro atoms. The van der Waals surface area contributed by atoms with Crippen LogP contribution in [0.2, 0.25) is 0 Å². The highest BCUT2D eigenvalue weighted by atomic mass is 32.2. The van der Waals surface area contributed by atoms with Crippen LogP contribution in [-0.4, -0.2) is 25.5 Å². The van der Waals surface area contributed by atoms with Crippen LogP contribution in [0.5, 0.6) is 0 Å². The molecule has 0 amide bonds. The highest BCUT2D eigenvalue weighted by Crippen LogP contribution is 2.28. The van der Waals surface area contributed by atoms with Crippen molar-refractivity contribution in [2.75, 3.05) is 0 Å². The summed E-state index contributed by atoms with van der Waals surface area (Å²) in [5.74, 6) is -0.441. The Hall–Kier alpha value is -0.920. The SMILES string of the molecule is Cc1sc(C(=O)O)cc1S(=O)(=O)NC1CCC(C)CC1. The van der Waals surface area contributed by atoms with Gasteiger partial charge < -0.3 is 5.11 Å². The van der Waals surface area contributed by atoms with Gasteiger partial charge in [-0.2, -0.15) is 0 Å². The molecule has 0 unspecified atom stereocenters. The molecule has 2 N–H and O–H groups in total. The van der Waals surface area contributed by atoms with E-state index in [0.29, 0.717) is 10.8 Å². The van der Waals surface area contributed by atoms with Crippen LogP contribution in [0.4, 0.5) is 0 Å². The van der Waals surface area contributed by atoms with Crippen molar-refractivity contribution >= 4 is 27.3 Å². The normalized spacial score (nSPS) is 23.7. The fourth-order valence-corrected chi connectivity index (χ4v) is 5.23. The Morgan fingerprint density at radius 3 is 2.45 bits per heavy atom. The Balaban J connectivity index is 2.16. The summed E-state index contributed by atoms with van der Waals surface area (Å²) in [6.07, 6.45) is 3.73. The second kappa shape index (κ2) is 5.83. The van der Waals surface area contributed by atoms with Crippen molar-refractivity contribution in [1.82, 2.24) is 4.72 Å². The Kier molecular flexibility index (Phi) is 4.51. The van der Waals surface area contributed by atoms with Crippen molar-refractivity contribution in [3.63, 3.8) is 0 Å². The molecule has 1 aromatic rings. The predicted octanol–water partition coefficient (Wildman–Crippen LogP) is 2.61. The van der Waals surface area contributed by atoms with E-state index in [0.717, 1.165) is 37.0 Å². The summed E-state index contributed by atoms with van der Waals surface area (Å²) in [6, 6.07) is 1.21. The molecule has 7 heteroatoms. The number of rotatable bonds is 4. The maximum Gasteiger partial charge on any atom is 0.345 e. The molecule has 1 aliphatic rings. The maximum absolute atomic E-state index is 12.3. The number of nitrogens with one attached hydrogen (secondary N) is 1. The van der Waals surface area contributed by atoms with Gasteiger partial charge in [0.2, 0.25) is 10.0 Å². The molecule has 112 valence electrons. The molecule has 0 aliphatic heterocycles. The van der Waals surface area contributed by atoms with Gasteiger partial charge in [0.15, 0.2) is 0 Å². The standard InChI is InChI=1S/C13H19NO4S2/c1-8-3-5-10(6-4-8)14-20(17,18)12-7-11(13(15)16)19-9(12)2/h7-8,10,14H,3-6H2,1-2H3,(H,15,16). The molecule has 0 radical (unpaired) electrons. The van der Waals surface area contributed by atoms with Crippen LogP contribution in [-0.2, 0) is 10.0 Å². The number of carboxylic acids is 1. The first-order valence-corrected chi connectivity index (χ1v) is 8.95. The molecular formula is C13H19NO4S2. The van der Waals surface area contributed by atoms with Gasteiger partial charge in [-0.1, -0.05) is 6.92 Å². The maximum atomic E-state index is 12.3. The van der Waals surface area contributed by atoms with Gasteiger partial charge in [0.25, 0.3) is 0 Å². The lowest BCUT2D eigenvalue weighted by Gasteiger charge is -2.26. The van der Waals surface area contributed by atoms with E-state index in [1.807, 2.05) is 0 Å². The smallest absolute Gasteiger partial charge is 0.345 e. The molecule has 0 atom stereocenters. The molecule has 0 bridgehead atoms. The van der Waals surface area contributed by atoms with Gasteiger partial charge in [0.05, 0.1) is 4.90 Å². The van der Waals surface area contributed by atoms with Crippen LogP contribution in [0.25, 0.3) is 0 Å². The number of sulfonamides is 1. The third kappa shape index (κ3) is 3.39. The van der Waals surface area contributed by atoms with E-state index in [1.165, 1.54) is 6.07 Å². The Morgan fingerprint density at radius 2 is 1.95 bits per heavy atom. The zero-order valence-corrected chi connectivity index (χ0v) is 13.2. The van der Waals surface area contributed by atoms with Crippen molar-refractivity contribution in [2.45, 2.75) is 50.5 Å². The van der Waals surface area contributed by atoms with Gasteiger partial charge >= 0.3 is 5.97 Å².